The van der Waals surface area contributed by atoms with Gasteiger partial charge in [-0.05, 0) is 43.0 Å². The minimum atomic E-state index is -0.498. The molecule has 2 rings (SSSR count). The molecule has 0 saturated heterocycles. The van der Waals surface area contributed by atoms with Gasteiger partial charge in [0, 0.05) is 24.2 Å². The van der Waals surface area contributed by atoms with Crippen molar-refractivity contribution in [2.75, 3.05) is 17.2 Å². The molecule has 2 N–H and O–H groups in total. The number of carbonyl (C=O) groups excluding carboxylic acids is 3. The van der Waals surface area contributed by atoms with Crippen molar-refractivity contribution in [3.63, 3.8) is 0 Å². The van der Waals surface area contributed by atoms with Crippen LogP contribution in [0.1, 0.15) is 37.3 Å². The lowest BCUT2D eigenvalue weighted by atomic mass is 10.1. The Labute approximate surface area is 165 Å². The van der Waals surface area contributed by atoms with Crippen molar-refractivity contribution in [2.24, 2.45) is 0 Å². The summed E-state index contributed by atoms with van der Waals surface area (Å²) in [7, 11) is 0. The Kier molecular flexibility index (Phi) is 8.21. The van der Waals surface area contributed by atoms with Crippen LogP contribution in [0.3, 0.4) is 0 Å². The number of ether oxygens (including phenoxy) is 1. The fourth-order valence-corrected chi connectivity index (χ4v) is 2.67. The minimum Gasteiger partial charge on any atom is -0.456 e. The molecule has 2 amide bonds. The van der Waals surface area contributed by atoms with Crippen LogP contribution >= 0.6 is 0 Å². The lowest BCUT2D eigenvalue weighted by Crippen LogP contribution is -2.21. The van der Waals surface area contributed by atoms with Crippen LogP contribution in [0.4, 0.5) is 11.4 Å². The molecular formula is C22H26N2O4. The van der Waals surface area contributed by atoms with E-state index in [0.29, 0.717) is 12.1 Å². The quantitative estimate of drug-likeness (QED) is 0.645. The number of esters is 1. The van der Waals surface area contributed by atoms with E-state index in [9.17, 15) is 14.4 Å². The number of nitrogens with one attached hydrogen (secondary N) is 2. The summed E-state index contributed by atoms with van der Waals surface area (Å²) in [4.78, 5) is 35.7. The third kappa shape index (κ3) is 6.87. The zero-order valence-electron chi connectivity index (χ0n) is 16.3. The maximum absolute atomic E-state index is 12.0. The van der Waals surface area contributed by atoms with E-state index < -0.39 is 11.9 Å². The highest BCUT2D eigenvalue weighted by atomic mass is 16.5. The van der Waals surface area contributed by atoms with E-state index in [4.69, 9.17) is 4.74 Å². The topological polar surface area (TPSA) is 84.5 Å². The summed E-state index contributed by atoms with van der Waals surface area (Å²) in [5.41, 5.74) is 3.48. The zero-order chi connectivity index (χ0) is 20.4. The van der Waals surface area contributed by atoms with Crippen molar-refractivity contribution < 1.29 is 19.1 Å². The highest BCUT2D eigenvalue weighted by Crippen LogP contribution is 2.16. The second-order valence-corrected chi connectivity index (χ2v) is 6.44. The number of amides is 2. The number of rotatable bonds is 9. The first kappa shape index (κ1) is 21.2. The largest absolute Gasteiger partial charge is 0.456 e. The molecule has 0 unspecified atom stereocenters. The van der Waals surface area contributed by atoms with Crippen LogP contribution in [0.25, 0.3) is 0 Å². The van der Waals surface area contributed by atoms with Gasteiger partial charge in [-0.1, -0.05) is 43.3 Å². The molecule has 2 aromatic rings. The van der Waals surface area contributed by atoms with E-state index in [1.54, 1.807) is 6.07 Å². The molecule has 0 atom stereocenters. The average molecular weight is 382 g/mol. The summed E-state index contributed by atoms with van der Waals surface area (Å²) in [5.74, 6) is -1.04. The molecule has 0 aliphatic heterocycles. The average Bonchev–Trinajstić information content (AvgIpc) is 2.68. The predicted molar refractivity (Wildman–Crippen MR) is 109 cm³/mol. The van der Waals surface area contributed by atoms with E-state index in [0.717, 1.165) is 23.2 Å². The summed E-state index contributed by atoms with van der Waals surface area (Å²) in [6, 6.07) is 15.0. The third-order valence-electron chi connectivity index (χ3n) is 4.24. The Morgan fingerprint density at radius 2 is 1.50 bits per heavy atom. The molecule has 0 saturated carbocycles. The lowest BCUT2D eigenvalue weighted by molar-refractivity contribution is -0.147. The first-order chi connectivity index (χ1) is 13.5. The number of hydrogen-bond acceptors (Lipinski definition) is 4. The molecule has 0 bridgehead atoms. The predicted octanol–water partition coefficient (Wildman–Crippen LogP) is 3.85. The van der Waals surface area contributed by atoms with Crippen molar-refractivity contribution in [1.82, 2.24) is 0 Å². The summed E-state index contributed by atoms with van der Waals surface area (Å²) < 4.78 is 4.97. The molecule has 2 aromatic carbocycles. The molecule has 0 aliphatic carbocycles. The number of aryl methyl sites for hydroxylation is 2. The monoisotopic (exact) mass is 382 g/mol. The molecule has 6 heteroatoms. The van der Waals surface area contributed by atoms with Gasteiger partial charge in [-0.15, -0.1) is 0 Å². The second-order valence-electron chi connectivity index (χ2n) is 6.44. The van der Waals surface area contributed by atoms with Gasteiger partial charge >= 0.3 is 5.97 Å². The molecule has 28 heavy (non-hydrogen) atoms. The Bertz CT molecular complexity index is 833. The number of para-hydroxylation sites is 2. The Morgan fingerprint density at radius 1 is 0.857 bits per heavy atom. The summed E-state index contributed by atoms with van der Waals surface area (Å²) in [5, 5.41) is 5.56. The van der Waals surface area contributed by atoms with Gasteiger partial charge in [0.05, 0.1) is 0 Å². The van der Waals surface area contributed by atoms with Crippen LogP contribution in [-0.2, 0) is 25.5 Å². The van der Waals surface area contributed by atoms with E-state index in [1.807, 2.05) is 56.3 Å². The summed E-state index contributed by atoms with van der Waals surface area (Å²) in [6.07, 6.45) is 1.48. The zero-order valence-corrected chi connectivity index (χ0v) is 16.3. The van der Waals surface area contributed by atoms with E-state index >= 15 is 0 Å². The Morgan fingerprint density at radius 3 is 2.21 bits per heavy atom. The highest BCUT2D eigenvalue weighted by molar-refractivity contribution is 5.93. The van der Waals surface area contributed by atoms with E-state index in [2.05, 4.69) is 10.6 Å². The molecule has 6 nitrogen and oxygen atoms in total. The summed E-state index contributed by atoms with van der Waals surface area (Å²) >= 11 is 0. The van der Waals surface area contributed by atoms with Gasteiger partial charge in [-0.3, -0.25) is 14.4 Å². The first-order valence-electron chi connectivity index (χ1n) is 9.38. The van der Waals surface area contributed by atoms with Gasteiger partial charge in [0.2, 0.25) is 5.91 Å². The Hall–Kier alpha value is -3.15. The normalized spacial score (nSPS) is 10.2. The van der Waals surface area contributed by atoms with Gasteiger partial charge in [0.1, 0.15) is 0 Å². The van der Waals surface area contributed by atoms with Crippen molar-refractivity contribution >= 4 is 29.2 Å². The van der Waals surface area contributed by atoms with Crippen molar-refractivity contribution in [1.29, 1.82) is 0 Å². The second kappa shape index (κ2) is 10.9. The fourth-order valence-electron chi connectivity index (χ4n) is 2.67. The maximum atomic E-state index is 12.0. The van der Waals surface area contributed by atoms with Crippen LogP contribution in [0.5, 0.6) is 0 Å². The Balaban J connectivity index is 1.66. The molecule has 0 aromatic heterocycles. The standard InChI is InChI=1S/C22H26N2O4/c1-3-17-10-5-7-12-19(17)24-20(25)13-8-14-22(27)28-15-21(26)23-18-11-6-4-9-16(18)2/h4-7,9-12H,3,8,13-15H2,1-2H3,(H,23,26)(H,24,25). The van der Waals surface area contributed by atoms with Crippen LogP contribution in [0, 0.1) is 6.92 Å². The summed E-state index contributed by atoms with van der Waals surface area (Å²) in [6.45, 7) is 3.56. The molecule has 0 radical (unpaired) electrons. The van der Waals surface area contributed by atoms with Gasteiger partial charge in [0.25, 0.3) is 5.91 Å². The molecule has 0 fully saturated rings. The number of benzene rings is 2. The van der Waals surface area contributed by atoms with Crippen molar-refractivity contribution in [3.05, 3.63) is 59.7 Å². The smallest absolute Gasteiger partial charge is 0.306 e. The van der Waals surface area contributed by atoms with Crippen LogP contribution in [0.15, 0.2) is 48.5 Å². The maximum Gasteiger partial charge on any atom is 0.306 e. The van der Waals surface area contributed by atoms with Crippen molar-refractivity contribution in [3.8, 4) is 0 Å². The van der Waals surface area contributed by atoms with Gasteiger partial charge in [0.15, 0.2) is 6.61 Å². The third-order valence-corrected chi connectivity index (χ3v) is 4.24. The SMILES string of the molecule is CCc1ccccc1NC(=O)CCCC(=O)OCC(=O)Nc1ccccc1C. The molecule has 0 spiro atoms. The van der Waals surface area contributed by atoms with Crippen LogP contribution in [0.2, 0.25) is 0 Å². The molecule has 0 heterocycles. The van der Waals surface area contributed by atoms with Crippen LogP contribution in [-0.4, -0.2) is 24.4 Å². The van der Waals surface area contributed by atoms with Crippen LogP contribution < -0.4 is 10.6 Å². The van der Waals surface area contributed by atoms with Gasteiger partial charge in [-0.25, -0.2) is 0 Å². The minimum absolute atomic E-state index is 0.0838. The van der Waals surface area contributed by atoms with E-state index in [-0.39, 0.29) is 25.4 Å². The van der Waals surface area contributed by atoms with Gasteiger partial charge in [-0.2, -0.15) is 0 Å². The van der Waals surface area contributed by atoms with Gasteiger partial charge < -0.3 is 15.4 Å². The highest BCUT2D eigenvalue weighted by Gasteiger charge is 2.11. The van der Waals surface area contributed by atoms with E-state index in [1.165, 1.54) is 0 Å². The number of carbonyl (C=O) groups is 3. The van der Waals surface area contributed by atoms with Crippen molar-refractivity contribution in [2.45, 2.75) is 39.5 Å². The molecule has 0 aliphatic rings. The number of anilines is 2. The first-order valence-corrected chi connectivity index (χ1v) is 9.38. The molecule has 148 valence electrons. The lowest BCUT2D eigenvalue weighted by Gasteiger charge is -2.10. The fraction of sp³-hybridized carbons (Fsp3) is 0.318. The number of hydrogen-bond donors (Lipinski definition) is 2. The molecular weight excluding hydrogens is 356 g/mol.